The Labute approximate surface area is 154 Å². The van der Waals surface area contributed by atoms with Crippen LogP contribution in [-0.4, -0.2) is 48.0 Å². The maximum absolute atomic E-state index is 12.5. The molecule has 1 amide bonds. The number of nitrogens with zero attached hydrogens (tertiary/aromatic N) is 5. The van der Waals surface area contributed by atoms with Gasteiger partial charge in [0.25, 0.3) is 11.5 Å². The number of aromatic amines is 1. The number of piperidine rings is 1. The molecule has 140 valence electrons. The Balaban J connectivity index is 1.56. The molecule has 1 aliphatic heterocycles. The van der Waals surface area contributed by atoms with Gasteiger partial charge in [0.05, 0.1) is 0 Å². The highest BCUT2D eigenvalue weighted by molar-refractivity contribution is 5.94. The summed E-state index contributed by atoms with van der Waals surface area (Å²) in [5.41, 5.74) is 0.560. The Morgan fingerprint density at radius 2 is 1.78 bits per heavy atom. The fourth-order valence-corrected chi connectivity index (χ4v) is 3.57. The lowest BCUT2D eigenvalue weighted by molar-refractivity contribution is 0.0711. The third-order valence-corrected chi connectivity index (χ3v) is 5.21. The molecule has 0 saturated carbocycles. The molecule has 9 nitrogen and oxygen atoms in total. The zero-order chi connectivity index (χ0) is 19.1. The first-order chi connectivity index (χ1) is 13.0. The van der Waals surface area contributed by atoms with Gasteiger partial charge in [0.15, 0.2) is 5.65 Å². The number of pyridine rings is 1. The summed E-state index contributed by atoms with van der Waals surface area (Å²) >= 11 is 0. The van der Waals surface area contributed by atoms with Crippen molar-refractivity contribution in [2.75, 3.05) is 13.1 Å². The van der Waals surface area contributed by atoms with Crippen LogP contribution in [-0.2, 0) is 14.1 Å². The summed E-state index contributed by atoms with van der Waals surface area (Å²) < 4.78 is 2.44. The number of aryl methyl sites for hydroxylation is 1. The fraction of sp³-hybridized carbons (Fsp3) is 0.389. The monoisotopic (exact) mass is 368 g/mol. The summed E-state index contributed by atoms with van der Waals surface area (Å²) in [6.45, 7) is 1.22. The molecule has 0 aliphatic carbocycles. The molecule has 27 heavy (non-hydrogen) atoms. The Morgan fingerprint density at radius 1 is 1.11 bits per heavy atom. The Bertz CT molecular complexity index is 1120. The molecule has 0 atom stereocenters. The number of hydrogen-bond donors (Lipinski definition) is 1. The first-order valence-corrected chi connectivity index (χ1v) is 8.82. The van der Waals surface area contributed by atoms with Crippen LogP contribution in [0.3, 0.4) is 0 Å². The van der Waals surface area contributed by atoms with Gasteiger partial charge in [0.1, 0.15) is 11.3 Å². The number of H-pyrrole nitrogens is 1. The largest absolute Gasteiger partial charge is 0.339 e. The van der Waals surface area contributed by atoms with Crippen LogP contribution in [0.15, 0.2) is 34.1 Å². The molecule has 0 aromatic carbocycles. The molecule has 1 N–H and O–H groups in total. The van der Waals surface area contributed by atoms with E-state index in [2.05, 4.69) is 15.0 Å². The first-order valence-electron chi connectivity index (χ1n) is 8.82. The maximum atomic E-state index is 12.5. The third kappa shape index (κ3) is 2.84. The van der Waals surface area contributed by atoms with E-state index in [1.165, 1.54) is 11.6 Å². The number of rotatable bonds is 2. The van der Waals surface area contributed by atoms with Gasteiger partial charge in [0, 0.05) is 51.1 Å². The molecule has 0 radical (unpaired) electrons. The fourth-order valence-electron chi connectivity index (χ4n) is 3.57. The smallest absolute Gasteiger partial charge is 0.332 e. The van der Waals surface area contributed by atoms with Gasteiger partial charge in [-0.1, -0.05) is 0 Å². The number of imidazole rings is 1. The number of hydrogen-bond acceptors (Lipinski definition) is 5. The van der Waals surface area contributed by atoms with Crippen molar-refractivity contribution in [2.24, 2.45) is 14.1 Å². The van der Waals surface area contributed by atoms with Crippen LogP contribution >= 0.6 is 0 Å². The van der Waals surface area contributed by atoms with E-state index in [0.717, 1.165) is 17.4 Å². The van der Waals surface area contributed by atoms with Crippen LogP contribution in [0.4, 0.5) is 0 Å². The van der Waals surface area contributed by atoms with Crippen LogP contribution in [0.5, 0.6) is 0 Å². The van der Waals surface area contributed by atoms with Crippen molar-refractivity contribution in [3.05, 3.63) is 56.8 Å². The van der Waals surface area contributed by atoms with Gasteiger partial charge in [-0.15, -0.1) is 0 Å². The van der Waals surface area contributed by atoms with Gasteiger partial charge in [-0.2, -0.15) is 0 Å². The lowest BCUT2D eigenvalue weighted by atomic mass is 9.95. The number of fused-ring (bicyclic) bond motifs is 1. The van der Waals surface area contributed by atoms with E-state index in [0.29, 0.717) is 35.6 Å². The van der Waals surface area contributed by atoms with Crippen LogP contribution < -0.4 is 11.2 Å². The van der Waals surface area contributed by atoms with Gasteiger partial charge in [-0.05, 0) is 25.0 Å². The van der Waals surface area contributed by atoms with E-state index in [1.807, 2.05) is 4.90 Å². The highest BCUT2D eigenvalue weighted by Gasteiger charge is 2.27. The van der Waals surface area contributed by atoms with Crippen LogP contribution in [0.25, 0.3) is 11.2 Å². The quantitative estimate of drug-likeness (QED) is 0.704. The third-order valence-electron chi connectivity index (χ3n) is 5.21. The molecule has 3 aromatic heterocycles. The predicted octanol–water partition coefficient (Wildman–Crippen LogP) is 0.375. The molecule has 1 aliphatic rings. The molecule has 4 rings (SSSR count). The number of amides is 1. The maximum Gasteiger partial charge on any atom is 0.332 e. The first kappa shape index (κ1) is 17.2. The van der Waals surface area contributed by atoms with E-state index >= 15 is 0 Å². The Morgan fingerprint density at radius 3 is 2.44 bits per heavy atom. The summed E-state index contributed by atoms with van der Waals surface area (Å²) in [5.74, 6) is 0.801. The second-order valence-electron chi connectivity index (χ2n) is 6.83. The topological polar surface area (TPSA) is 106 Å². The van der Waals surface area contributed by atoms with Gasteiger partial charge in [-0.3, -0.25) is 23.7 Å². The van der Waals surface area contributed by atoms with E-state index < -0.39 is 5.69 Å². The van der Waals surface area contributed by atoms with Crippen LogP contribution in [0, 0.1) is 0 Å². The average molecular weight is 368 g/mol. The van der Waals surface area contributed by atoms with E-state index in [-0.39, 0.29) is 17.4 Å². The van der Waals surface area contributed by atoms with Crippen molar-refractivity contribution in [1.82, 2.24) is 29.0 Å². The van der Waals surface area contributed by atoms with E-state index in [4.69, 9.17) is 0 Å². The average Bonchev–Trinajstić information content (AvgIpc) is 3.16. The highest BCUT2D eigenvalue weighted by atomic mass is 16.2. The lowest BCUT2D eigenvalue weighted by Crippen LogP contribution is -2.38. The van der Waals surface area contributed by atoms with Crippen LogP contribution in [0.1, 0.15) is 34.9 Å². The molecule has 0 unspecified atom stereocenters. The second-order valence-corrected chi connectivity index (χ2v) is 6.83. The Kier molecular flexibility index (Phi) is 4.14. The van der Waals surface area contributed by atoms with Gasteiger partial charge in [-0.25, -0.2) is 9.78 Å². The molecule has 3 aromatic rings. The SMILES string of the molecule is Cn1c(=O)c2[nH]c(C3CCN(C(=O)c4ccncc4)CC3)nc2n(C)c1=O. The minimum atomic E-state index is -0.400. The van der Waals surface area contributed by atoms with Crippen molar-refractivity contribution in [3.8, 4) is 0 Å². The summed E-state index contributed by atoms with van der Waals surface area (Å²) in [5, 5.41) is 0. The molecule has 4 heterocycles. The molecule has 0 spiro atoms. The van der Waals surface area contributed by atoms with Gasteiger partial charge >= 0.3 is 5.69 Å². The number of carbonyl (C=O) groups is 1. The highest BCUT2D eigenvalue weighted by Crippen LogP contribution is 2.27. The minimum Gasteiger partial charge on any atom is -0.339 e. The van der Waals surface area contributed by atoms with Crippen molar-refractivity contribution >= 4 is 17.1 Å². The molecule has 1 fully saturated rings. The van der Waals surface area contributed by atoms with Crippen molar-refractivity contribution in [2.45, 2.75) is 18.8 Å². The normalized spacial score (nSPS) is 15.4. The standard InChI is InChI=1S/C18H20N6O3/c1-22-15-13(17(26)23(2)18(22)27)20-14(21-15)11-5-9-24(10-6-11)16(25)12-3-7-19-8-4-12/h3-4,7-8,11H,5-6,9-10H2,1-2H3,(H,20,21). The molecule has 1 saturated heterocycles. The zero-order valence-electron chi connectivity index (χ0n) is 15.2. The molecular formula is C18H20N6O3. The van der Waals surface area contributed by atoms with Gasteiger partial charge in [0.2, 0.25) is 0 Å². The molecule has 9 heteroatoms. The van der Waals surface area contributed by atoms with Crippen molar-refractivity contribution in [1.29, 1.82) is 0 Å². The predicted molar refractivity (Wildman–Crippen MR) is 98.7 cm³/mol. The summed E-state index contributed by atoms with van der Waals surface area (Å²) in [7, 11) is 3.05. The Hall–Kier alpha value is -3.23. The number of aromatic nitrogens is 5. The zero-order valence-corrected chi connectivity index (χ0v) is 15.2. The second kappa shape index (κ2) is 6.49. The number of likely N-dealkylation sites (tertiary alicyclic amines) is 1. The van der Waals surface area contributed by atoms with Gasteiger partial charge < -0.3 is 9.88 Å². The van der Waals surface area contributed by atoms with Crippen LogP contribution in [0.2, 0.25) is 0 Å². The summed E-state index contributed by atoms with van der Waals surface area (Å²) in [6.07, 6.45) is 4.70. The van der Waals surface area contributed by atoms with E-state index in [1.54, 1.807) is 31.6 Å². The number of nitrogens with one attached hydrogen (secondary N) is 1. The summed E-state index contributed by atoms with van der Waals surface area (Å²) in [6, 6.07) is 3.42. The summed E-state index contributed by atoms with van der Waals surface area (Å²) in [4.78, 5) is 50.3. The molecule has 0 bridgehead atoms. The van der Waals surface area contributed by atoms with Crippen molar-refractivity contribution < 1.29 is 4.79 Å². The van der Waals surface area contributed by atoms with E-state index in [9.17, 15) is 14.4 Å². The number of carbonyl (C=O) groups excluding carboxylic acids is 1. The lowest BCUT2D eigenvalue weighted by Gasteiger charge is -2.31. The molecular weight excluding hydrogens is 348 g/mol. The minimum absolute atomic E-state index is 0.00304. The van der Waals surface area contributed by atoms with Crippen molar-refractivity contribution in [3.63, 3.8) is 0 Å².